The molecule has 2 N–H and O–H groups in total. The van der Waals surface area contributed by atoms with E-state index in [0.717, 1.165) is 11.3 Å². The average molecular weight is 250 g/mol. The Bertz CT molecular complexity index is 441. The number of ether oxygens (including phenoxy) is 1. The van der Waals surface area contributed by atoms with Gasteiger partial charge in [-0.05, 0) is 37.8 Å². The number of aliphatic hydroxyl groups excluding tert-OH is 1. The van der Waals surface area contributed by atoms with Crippen molar-refractivity contribution in [2.24, 2.45) is 5.41 Å². The third-order valence-electron chi connectivity index (χ3n) is 3.50. The molecule has 2 atom stereocenters. The lowest BCUT2D eigenvalue weighted by molar-refractivity contribution is -0.152. The number of hydrogen-bond donors (Lipinski definition) is 2. The predicted molar refractivity (Wildman–Crippen MR) is 66.6 cm³/mol. The van der Waals surface area contributed by atoms with Gasteiger partial charge in [0.05, 0.1) is 6.10 Å². The molecule has 1 heterocycles. The molecule has 0 saturated carbocycles. The zero-order valence-electron chi connectivity index (χ0n) is 10.4. The molecular weight excluding hydrogens is 232 g/mol. The Labute approximate surface area is 106 Å². The second-order valence-corrected chi connectivity index (χ2v) is 5.05. The molecule has 18 heavy (non-hydrogen) atoms. The van der Waals surface area contributed by atoms with Crippen LogP contribution in [0.1, 0.15) is 25.3 Å². The molecule has 0 radical (unpaired) electrons. The molecule has 4 heteroatoms. The van der Waals surface area contributed by atoms with Crippen LogP contribution >= 0.6 is 0 Å². The van der Waals surface area contributed by atoms with Crippen LogP contribution in [0.5, 0.6) is 5.75 Å². The summed E-state index contributed by atoms with van der Waals surface area (Å²) < 4.78 is 5.57. The molecule has 0 aromatic heterocycles. The number of aliphatic carboxylic acids is 1. The van der Waals surface area contributed by atoms with E-state index in [1.807, 2.05) is 24.3 Å². The third kappa shape index (κ3) is 2.48. The largest absolute Gasteiger partial charge is 0.492 e. The standard InChI is InChI=1S/C14H18O4/c1-10(15)6-7-14(13(16)17)8-11-4-2-3-5-12(11)18-9-14/h2-5,10,15H,6-9H2,1H3,(H,16,17). The lowest BCUT2D eigenvalue weighted by atomic mass is 9.76. The number of para-hydroxylation sites is 1. The summed E-state index contributed by atoms with van der Waals surface area (Å²) in [6.45, 7) is 1.85. The number of aliphatic hydroxyl groups is 1. The van der Waals surface area contributed by atoms with Crippen molar-refractivity contribution in [3.63, 3.8) is 0 Å². The maximum Gasteiger partial charge on any atom is 0.313 e. The molecule has 98 valence electrons. The summed E-state index contributed by atoms with van der Waals surface area (Å²) in [6.07, 6.45) is 0.871. The molecule has 1 aliphatic heterocycles. The molecule has 2 unspecified atom stereocenters. The van der Waals surface area contributed by atoms with Crippen LogP contribution in [0.4, 0.5) is 0 Å². The van der Waals surface area contributed by atoms with Crippen molar-refractivity contribution in [2.75, 3.05) is 6.61 Å². The monoisotopic (exact) mass is 250 g/mol. The van der Waals surface area contributed by atoms with Gasteiger partial charge in [0, 0.05) is 0 Å². The molecular formula is C14H18O4. The predicted octanol–water partition coefficient (Wildman–Crippen LogP) is 1.85. The van der Waals surface area contributed by atoms with Crippen LogP contribution < -0.4 is 4.74 Å². The Morgan fingerprint density at radius 2 is 2.22 bits per heavy atom. The van der Waals surface area contributed by atoms with E-state index in [-0.39, 0.29) is 6.61 Å². The summed E-state index contributed by atoms with van der Waals surface area (Å²) >= 11 is 0. The molecule has 1 aliphatic rings. The Kier molecular flexibility index (Phi) is 3.57. The van der Waals surface area contributed by atoms with Gasteiger partial charge in [0.1, 0.15) is 17.8 Å². The number of fused-ring (bicyclic) bond motifs is 1. The van der Waals surface area contributed by atoms with Gasteiger partial charge in [-0.2, -0.15) is 0 Å². The number of hydrogen-bond acceptors (Lipinski definition) is 3. The Morgan fingerprint density at radius 3 is 2.89 bits per heavy atom. The molecule has 2 rings (SSSR count). The maximum atomic E-state index is 11.5. The first-order valence-corrected chi connectivity index (χ1v) is 6.16. The van der Waals surface area contributed by atoms with Crippen molar-refractivity contribution in [1.82, 2.24) is 0 Å². The topological polar surface area (TPSA) is 66.8 Å². The number of benzene rings is 1. The summed E-state index contributed by atoms with van der Waals surface area (Å²) in [5.74, 6) is -0.0796. The second kappa shape index (κ2) is 4.98. The Hall–Kier alpha value is -1.55. The highest BCUT2D eigenvalue weighted by molar-refractivity contribution is 5.76. The zero-order valence-corrected chi connectivity index (χ0v) is 10.4. The van der Waals surface area contributed by atoms with Gasteiger partial charge in [-0.1, -0.05) is 18.2 Å². The third-order valence-corrected chi connectivity index (χ3v) is 3.50. The summed E-state index contributed by atoms with van der Waals surface area (Å²) in [4.78, 5) is 11.5. The molecule has 0 aliphatic carbocycles. The normalized spacial score (nSPS) is 23.9. The van der Waals surface area contributed by atoms with Crippen molar-refractivity contribution < 1.29 is 19.7 Å². The van der Waals surface area contributed by atoms with Crippen LogP contribution in [-0.4, -0.2) is 28.9 Å². The first-order valence-electron chi connectivity index (χ1n) is 6.16. The van der Waals surface area contributed by atoms with E-state index in [1.54, 1.807) is 6.92 Å². The average Bonchev–Trinajstić information content (AvgIpc) is 2.36. The van der Waals surface area contributed by atoms with Crippen LogP contribution in [0.15, 0.2) is 24.3 Å². The van der Waals surface area contributed by atoms with Crippen molar-refractivity contribution in [3.05, 3.63) is 29.8 Å². The highest BCUT2D eigenvalue weighted by Crippen LogP contribution is 2.38. The smallest absolute Gasteiger partial charge is 0.313 e. The first kappa shape index (κ1) is 12.9. The Balaban J connectivity index is 2.21. The van der Waals surface area contributed by atoms with Gasteiger partial charge in [-0.25, -0.2) is 0 Å². The van der Waals surface area contributed by atoms with Gasteiger partial charge in [0.25, 0.3) is 0 Å². The van der Waals surface area contributed by atoms with Gasteiger partial charge in [0.2, 0.25) is 0 Å². The summed E-state index contributed by atoms with van der Waals surface area (Å²) in [6, 6.07) is 7.52. The molecule has 0 bridgehead atoms. The van der Waals surface area contributed by atoms with Crippen molar-refractivity contribution >= 4 is 5.97 Å². The molecule has 0 fully saturated rings. The van der Waals surface area contributed by atoms with Crippen molar-refractivity contribution in [1.29, 1.82) is 0 Å². The van der Waals surface area contributed by atoms with Gasteiger partial charge >= 0.3 is 5.97 Å². The SMILES string of the molecule is CC(O)CCC1(C(=O)O)COc2ccccc2C1. The van der Waals surface area contributed by atoms with E-state index < -0.39 is 17.5 Å². The van der Waals surface area contributed by atoms with Crippen molar-refractivity contribution in [2.45, 2.75) is 32.3 Å². The fraction of sp³-hybridized carbons (Fsp3) is 0.500. The molecule has 1 aromatic carbocycles. The number of rotatable bonds is 4. The molecule has 0 saturated heterocycles. The minimum Gasteiger partial charge on any atom is -0.492 e. The van der Waals surface area contributed by atoms with E-state index in [4.69, 9.17) is 4.74 Å². The van der Waals surface area contributed by atoms with E-state index >= 15 is 0 Å². The van der Waals surface area contributed by atoms with Gasteiger partial charge < -0.3 is 14.9 Å². The Morgan fingerprint density at radius 1 is 1.50 bits per heavy atom. The lowest BCUT2D eigenvalue weighted by Crippen LogP contribution is -2.42. The lowest BCUT2D eigenvalue weighted by Gasteiger charge is -2.34. The first-order chi connectivity index (χ1) is 8.53. The summed E-state index contributed by atoms with van der Waals surface area (Å²) in [5, 5.41) is 18.8. The molecule has 0 spiro atoms. The fourth-order valence-electron chi connectivity index (χ4n) is 2.31. The molecule has 1 aromatic rings. The quantitative estimate of drug-likeness (QED) is 0.856. The minimum atomic E-state index is -0.911. The minimum absolute atomic E-state index is 0.173. The highest BCUT2D eigenvalue weighted by Gasteiger charge is 2.42. The second-order valence-electron chi connectivity index (χ2n) is 5.05. The van der Waals surface area contributed by atoms with Crippen LogP contribution in [0, 0.1) is 5.41 Å². The van der Waals surface area contributed by atoms with E-state index in [9.17, 15) is 15.0 Å². The highest BCUT2D eigenvalue weighted by atomic mass is 16.5. The van der Waals surface area contributed by atoms with Crippen LogP contribution in [-0.2, 0) is 11.2 Å². The van der Waals surface area contributed by atoms with Crippen molar-refractivity contribution in [3.8, 4) is 5.75 Å². The maximum absolute atomic E-state index is 11.5. The molecule has 0 amide bonds. The number of carboxylic acid groups (broad SMARTS) is 1. The fourth-order valence-corrected chi connectivity index (χ4v) is 2.31. The van der Waals surface area contributed by atoms with E-state index in [1.165, 1.54) is 0 Å². The zero-order chi connectivity index (χ0) is 13.2. The van der Waals surface area contributed by atoms with Gasteiger partial charge in [-0.15, -0.1) is 0 Å². The van der Waals surface area contributed by atoms with Crippen LogP contribution in [0.2, 0.25) is 0 Å². The summed E-state index contributed by atoms with van der Waals surface area (Å²) in [5.41, 5.74) is 0.0162. The van der Waals surface area contributed by atoms with E-state index in [2.05, 4.69) is 0 Å². The number of carbonyl (C=O) groups is 1. The van der Waals surface area contributed by atoms with Crippen LogP contribution in [0.3, 0.4) is 0 Å². The van der Waals surface area contributed by atoms with Crippen LogP contribution in [0.25, 0.3) is 0 Å². The number of carboxylic acids is 1. The van der Waals surface area contributed by atoms with Gasteiger partial charge in [-0.3, -0.25) is 4.79 Å². The van der Waals surface area contributed by atoms with Gasteiger partial charge in [0.15, 0.2) is 0 Å². The summed E-state index contributed by atoms with van der Waals surface area (Å²) in [7, 11) is 0. The molecule has 4 nitrogen and oxygen atoms in total. The van der Waals surface area contributed by atoms with E-state index in [0.29, 0.717) is 19.3 Å².